The van der Waals surface area contributed by atoms with Crippen LogP contribution in [0.2, 0.25) is 0 Å². The molecule has 2 atom stereocenters. The van der Waals surface area contributed by atoms with E-state index >= 15 is 0 Å². The predicted molar refractivity (Wildman–Crippen MR) is 241 cm³/mol. The molecule has 5 nitrogen and oxygen atoms in total. The maximum Gasteiger partial charge on any atom is 2.00 e. The number of hydrogen-bond acceptors (Lipinski definition) is 5. The third-order valence-electron chi connectivity index (χ3n) is 13.1. The molecule has 6 aromatic carbocycles. The average Bonchev–Trinajstić information content (AvgIpc) is 3.58. The van der Waals surface area contributed by atoms with Crippen molar-refractivity contribution in [2.75, 3.05) is 9.80 Å². The number of aryl methyl sites for hydroxylation is 4. The Balaban J connectivity index is 0.00000462. The maximum atomic E-state index is 6.94. The van der Waals surface area contributed by atoms with Crippen molar-refractivity contribution in [1.82, 2.24) is 4.98 Å². The minimum Gasteiger partial charge on any atom is -0.503 e. The molecule has 0 radical (unpaired) electrons. The van der Waals surface area contributed by atoms with E-state index < -0.39 is 5.54 Å². The van der Waals surface area contributed by atoms with Crippen LogP contribution < -0.4 is 14.5 Å². The molecule has 1 aromatic heterocycles. The largest absolute Gasteiger partial charge is 2.00 e. The third-order valence-corrected chi connectivity index (χ3v) is 13.1. The molecule has 0 unspecified atom stereocenters. The Bertz CT molecular complexity index is 2790. The number of fused-ring (bicyclic) bond motifs is 5. The van der Waals surface area contributed by atoms with Crippen LogP contribution >= 0.6 is 0 Å². The summed E-state index contributed by atoms with van der Waals surface area (Å²) in [5, 5.41) is 0. The van der Waals surface area contributed by atoms with Crippen LogP contribution in [0.5, 0.6) is 11.5 Å². The summed E-state index contributed by atoms with van der Waals surface area (Å²) in [4.78, 5) is 15.5. The zero-order valence-electron chi connectivity index (χ0n) is 35.4. The van der Waals surface area contributed by atoms with Crippen LogP contribution in [-0.2, 0) is 38.4 Å². The first kappa shape index (κ1) is 39.7. The van der Waals surface area contributed by atoms with Gasteiger partial charge in [0.25, 0.3) is 0 Å². The number of nitrogens with zero attached hydrogens (tertiary/aromatic N) is 4. The molecule has 1 aliphatic carbocycles. The van der Waals surface area contributed by atoms with Gasteiger partial charge in [0.15, 0.2) is 0 Å². The number of pyridine rings is 1. The van der Waals surface area contributed by atoms with Gasteiger partial charge < -0.3 is 19.5 Å². The molecular weight excluding hydrogens is 916 g/mol. The SMILES string of the molecule is Cc1cc(Oc2[c-]c(C3=N[C@]4(C)c5ccccc5C[C@]4(C)N3c3c(C)cc(C)cc3C)cc(-c3ccccc3)c2)[c-]c(N2c3ccccc3C(C)(C)c3cccnc32)c1.[Pt+2]. The number of hydrogen-bond donors (Lipinski definition) is 0. The molecule has 2 aliphatic heterocycles. The molecule has 7 aromatic rings. The van der Waals surface area contributed by atoms with Gasteiger partial charge in [0.05, 0.1) is 16.9 Å². The normalized spacial score (nSPS) is 19.4. The molecule has 0 amide bonds. The van der Waals surface area contributed by atoms with Crippen LogP contribution in [0.1, 0.15) is 77.8 Å². The van der Waals surface area contributed by atoms with Crippen molar-refractivity contribution < 1.29 is 25.8 Å². The van der Waals surface area contributed by atoms with Gasteiger partial charge in [0, 0.05) is 40.0 Å². The van der Waals surface area contributed by atoms with Gasteiger partial charge in [-0.2, -0.15) is 5.56 Å². The minimum atomic E-state index is -0.497. The van der Waals surface area contributed by atoms with Crippen molar-refractivity contribution in [3.8, 4) is 22.6 Å². The molecular formula is C54H48N4OPt. The first-order valence-corrected chi connectivity index (χ1v) is 20.6. The van der Waals surface area contributed by atoms with Gasteiger partial charge in [-0.15, -0.1) is 29.8 Å². The van der Waals surface area contributed by atoms with E-state index in [-0.39, 0.29) is 32.0 Å². The summed E-state index contributed by atoms with van der Waals surface area (Å²) in [6, 6.07) is 52.7. The van der Waals surface area contributed by atoms with Crippen molar-refractivity contribution in [2.45, 2.75) is 78.3 Å². The number of para-hydroxylation sites is 1. The Morgan fingerprint density at radius 1 is 0.633 bits per heavy atom. The van der Waals surface area contributed by atoms with E-state index in [0.717, 1.165) is 51.7 Å². The van der Waals surface area contributed by atoms with Crippen molar-refractivity contribution in [3.63, 3.8) is 0 Å². The van der Waals surface area contributed by atoms with Crippen molar-refractivity contribution in [1.29, 1.82) is 0 Å². The third kappa shape index (κ3) is 6.07. The van der Waals surface area contributed by atoms with E-state index in [0.29, 0.717) is 11.5 Å². The van der Waals surface area contributed by atoms with Gasteiger partial charge in [0.2, 0.25) is 0 Å². The first-order chi connectivity index (χ1) is 28.4. The number of ether oxygens (including phenoxy) is 1. The average molecular weight is 964 g/mol. The van der Waals surface area contributed by atoms with E-state index in [1.54, 1.807) is 0 Å². The molecule has 0 saturated heterocycles. The second kappa shape index (κ2) is 14.5. The predicted octanol–water partition coefficient (Wildman–Crippen LogP) is 13.0. The van der Waals surface area contributed by atoms with Crippen molar-refractivity contribution in [3.05, 3.63) is 196 Å². The molecule has 0 fully saturated rings. The summed E-state index contributed by atoms with van der Waals surface area (Å²) in [5.74, 6) is 3.00. The first-order valence-electron chi connectivity index (χ1n) is 20.6. The molecule has 3 heterocycles. The summed E-state index contributed by atoms with van der Waals surface area (Å²) in [5.41, 5.74) is 14.9. The Morgan fingerprint density at radius 3 is 2.05 bits per heavy atom. The van der Waals surface area contributed by atoms with Crippen LogP contribution in [-0.4, -0.2) is 16.4 Å². The molecule has 6 heteroatoms. The van der Waals surface area contributed by atoms with Gasteiger partial charge >= 0.3 is 21.1 Å². The second-order valence-corrected chi connectivity index (χ2v) is 17.6. The number of aliphatic imine (C=N–C) groups is 1. The van der Waals surface area contributed by atoms with Gasteiger partial charge in [-0.25, -0.2) is 4.98 Å². The van der Waals surface area contributed by atoms with E-state index in [2.05, 4.69) is 193 Å². The van der Waals surface area contributed by atoms with Gasteiger partial charge in [-0.05, 0) is 86.6 Å². The van der Waals surface area contributed by atoms with E-state index in [1.807, 2.05) is 18.3 Å². The molecule has 300 valence electrons. The van der Waals surface area contributed by atoms with Crippen LogP contribution in [0.25, 0.3) is 11.1 Å². The smallest absolute Gasteiger partial charge is 0.503 e. The summed E-state index contributed by atoms with van der Waals surface area (Å²) >= 11 is 0. The topological polar surface area (TPSA) is 41.0 Å². The molecule has 10 rings (SSSR count). The Morgan fingerprint density at radius 2 is 1.28 bits per heavy atom. The molecule has 0 N–H and O–H groups in total. The maximum absolute atomic E-state index is 6.94. The number of aromatic nitrogens is 1. The fourth-order valence-corrected chi connectivity index (χ4v) is 10.2. The second-order valence-electron chi connectivity index (χ2n) is 17.6. The van der Waals surface area contributed by atoms with Gasteiger partial charge in [0.1, 0.15) is 5.82 Å². The fraction of sp³-hybridized carbons (Fsp3) is 0.222. The summed E-state index contributed by atoms with van der Waals surface area (Å²) < 4.78 is 6.94. The molecule has 0 spiro atoms. The summed E-state index contributed by atoms with van der Waals surface area (Å²) in [6.45, 7) is 18.0. The molecule has 0 bridgehead atoms. The Hall–Kier alpha value is -5.77. The standard InChI is InChI=1S/C54H48N4O.Pt/c1-34-25-36(3)49(37(4)26-34)58-50(56-54(8)45-20-13-12-19-39(45)33-53(54,58)7)41-29-40(38-17-10-9-11-18-38)30-44(31-41)59-43-28-35(2)27-42(32-43)57-48-23-15-14-21-46(48)52(5,6)47-22-16-24-55-51(47)57;/h9-30H,33H2,1-8H3;/q-2;+2/t53-,54+;/m0./s1. The Labute approximate surface area is 369 Å². The Kier molecular flexibility index (Phi) is 9.56. The molecule has 3 aliphatic rings. The van der Waals surface area contributed by atoms with E-state index in [9.17, 15) is 0 Å². The quantitative estimate of drug-likeness (QED) is 0.156. The van der Waals surface area contributed by atoms with Gasteiger partial charge in [-0.1, -0.05) is 141 Å². The summed E-state index contributed by atoms with van der Waals surface area (Å²) in [7, 11) is 0. The number of rotatable bonds is 6. The van der Waals surface area contributed by atoms with Crippen LogP contribution in [0.4, 0.5) is 22.9 Å². The number of amidine groups is 1. The van der Waals surface area contributed by atoms with E-state index in [4.69, 9.17) is 14.7 Å². The number of benzene rings is 6. The van der Waals surface area contributed by atoms with E-state index in [1.165, 1.54) is 44.6 Å². The monoisotopic (exact) mass is 963 g/mol. The fourth-order valence-electron chi connectivity index (χ4n) is 10.2. The van der Waals surface area contributed by atoms with Crippen molar-refractivity contribution in [2.24, 2.45) is 4.99 Å². The van der Waals surface area contributed by atoms with Gasteiger partial charge in [-0.3, -0.25) is 0 Å². The van der Waals surface area contributed by atoms with Crippen molar-refractivity contribution >= 4 is 28.7 Å². The zero-order chi connectivity index (χ0) is 40.8. The van der Waals surface area contributed by atoms with Crippen LogP contribution in [0.15, 0.2) is 139 Å². The number of anilines is 4. The molecule has 0 saturated carbocycles. The summed E-state index contributed by atoms with van der Waals surface area (Å²) in [6.07, 6.45) is 2.74. The van der Waals surface area contributed by atoms with Crippen LogP contribution in [0.3, 0.4) is 0 Å². The zero-order valence-corrected chi connectivity index (χ0v) is 37.7. The molecule has 60 heavy (non-hydrogen) atoms. The minimum absolute atomic E-state index is 0. The van der Waals surface area contributed by atoms with Crippen LogP contribution in [0, 0.1) is 39.8 Å².